The predicted octanol–water partition coefficient (Wildman–Crippen LogP) is 3.27. The number of hydrogen-bond donors (Lipinski definition) is 0. The molecule has 0 fully saturated rings. The van der Waals surface area contributed by atoms with E-state index in [4.69, 9.17) is 14.2 Å². The SMILES string of the molecule is CC(=O)Oc1ccc(C2[CH]c3ccc(OC(C)=O)cc3OC2)cc1. The van der Waals surface area contributed by atoms with Crippen LogP contribution in [0.25, 0.3) is 0 Å². The summed E-state index contributed by atoms with van der Waals surface area (Å²) in [6, 6.07) is 12.7. The molecule has 123 valence electrons. The van der Waals surface area contributed by atoms with Crippen LogP contribution in [-0.4, -0.2) is 18.5 Å². The summed E-state index contributed by atoms with van der Waals surface area (Å²) < 4.78 is 15.9. The highest BCUT2D eigenvalue weighted by atomic mass is 16.5. The summed E-state index contributed by atoms with van der Waals surface area (Å²) in [4.78, 5) is 22.0. The number of benzene rings is 2. The van der Waals surface area contributed by atoms with Crippen LogP contribution in [0.4, 0.5) is 0 Å². The highest BCUT2D eigenvalue weighted by Gasteiger charge is 2.22. The van der Waals surface area contributed by atoms with Crippen molar-refractivity contribution in [2.45, 2.75) is 19.8 Å². The Morgan fingerprint density at radius 3 is 2.25 bits per heavy atom. The second-order valence-electron chi connectivity index (χ2n) is 5.54. The summed E-state index contributed by atoms with van der Waals surface area (Å²) in [6.45, 7) is 3.23. The molecule has 1 atom stereocenters. The molecule has 1 heterocycles. The van der Waals surface area contributed by atoms with Gasteiger partial charge in [0, 0.05) is 32.3 Å². The van der Waals surface area contributed by atoms with Crippen molar-refractivity contribution in [1.29, 1.82) is 0 Å². The van der Waals surface area contributed by atoms with Crippen molar-refractivity contribution in [3.8, 4) is 17.2 Å². The van der Waals surface area contributed by atoms with Crippen molar-refractivity contribution >= 4 is 11.9 Å². The summed E-state index contributed by atoms with van der Waals surface area (Å²) >= 11 is 0. The van der Waals surface area contributed by atoms with Crippen LogP contribution in [0.1, 0.15) is 30.9 Å². The van der Waals surface area contributed by atoms with Crippen molar-refractivity contribution in [2.24, 2.45) is 0 Å². The Labute approximate surface area is 140 Å². The van der Waals surface area contributed by atoms with E-state index in [0.29, 0.717) is 23.9 Å². The molecule has 0 bridgehead atoms. The second kappa shape index (κ2) is 6.74. The zero-order chi connectivity index (χ0) is 17.1. The molecule has 0 amide bonds. The molecule has 0 N–H and O–H groups in total. The third-order valence-electron chi connectivity index (χ3n) is 3.62. The van der Waals surface area contributed by atoms with Gasteiger partial charge in [0.2, 0.25) is 0 Å². The summed E-state index contributed by atoms with van der Waals surface area (Å²) in [5.41, 5.74) is 2.02. The number of esters is 2. The van der Waals surface area contributed by atoms with Crippen molar-refractivity contribution < 1.29 is 23.8 Å². The molecule has 0 spiro atoms. The Bertz CT molecular complexity index is 764. The molecule has 3 rings (SSSR count). The number of carbonyl (C=O) groups excluding carboxylic acids is 2. The van der Waals surface area contributed by atoms with Gasteiger partial charge in [-0.25, -0.2) is 0 Å². The smallest absolute Gasteiger partial charge is 0.308 e. The van der Waals surface area contributed by atoms with Crippen molar-refractivity contribution in [3.05, 3.63) is 60.0 Å². The lowest BCUT2D eigenvalue weighted by molar-refractivity contribution is -0.132. The maximum Gasteiger partial charge on any atom is 0.308 e. The van der Waals surface area contributed by atoms with Gasteiger partial charge in [-0.15, -0.1) is 0 Å². The fourth-order valence-electron chi connectivity index (χ4n) is 2.59. The minimum absolute atomic E-state index is 0.100. The Hall–Kier alpha value is -2.82. The van der Waals surface area contributed by atoms with E-state index in [-0.39, 0.29) is 17.9 Å². The summed E-state index contributed by atoms with van der Waals surface area (Å²) in [5.74, 6) is 1.09. The molecule has 2 aromatic rings. The third-order valence-corrected chi connectivity index (χ3v) is 3.62. The molecule has 0 aliphatic carbocycles. The van der Waals surface area contributed by atoms with Crippen molar-refractivity contribution in [3.63, 3.8) is 0 Å². The number of hydrogen-bond acceptors (Lipinski definition) is 5. The van der Waals surface area contributed by atoms with E-state index in [1.807, 2.05) is 18.2 Å². The molecule has 1 unspecified atom stereocenters. The van der Waals surface area contributed by atoms with E-state index in [2.05, 4.69) is 6.42 Å². The number of rotatable bonds is 3. The van der Waals surface area contributed by atoms with E-state index >= 15 is 0 Å². The molecule has 0 saturated carbocycles. The molecule has 1 radical (unpaired) electrons. The maximum absolute atomic E-state index is 11.0. The zero-order valence-electron chi connectivity index (χ0n) is 13.4. The summed E-state index contributed by atoms with van der Waals surface area (Å²) in [5, 5.41) is 0. The average molecular weight is 325 g/mol. The van der Waals surface area contributed by atoms with E-state index < -0.39 is 0 Å². The van der Waals surface area contributed by atoms with E-state index in [0.717, 1.165) is 11.1 Å². The zero-order valence-corrected chi connectivity index (χ0v) is 13.4. The van der Waals surface area contributed by atoms with Gasteiger partial charge in [0.1, 0.15) is 17.2 Å². The van der Waals surface area contributed by atoms with Crippen molar-refractivity contribution in [2.75, 3.05) is 6.61 Å². The normalized spacial score (nSPS) is 15.8. The lowest BCUT2D eigenvalue weighted by Gasteiger charge is -2.25. The average Bonchev–Trinajstić information content (AvgIpc) is 2.54. The van der Waals surface area contributed by atoms with Gasteiger partial charge in [0.15, 0.2) is 0 Å². The molecular weight excluding hydrogens is 308 g/mol. The molecule has 0 aromatic heterocycles. The summed E-state index contributed by atoms with van der Waals surface area (Å²) in [7, 11) is 0. The third kappa shape index (κ3) is 3.74. The van der Waals surface area contributed by atoms with Crippen LogP contribution in [-0.2, 0) is 9.59 Å². The minimum atomic E-state index is -0.361. The molecule has 1 aliphatic rings. The quantitative estimate of drug-likeness (QED) is 0.640. The van der Waals surface area contributed by atoms with Gasteiger partial charge in [-0.2, -0.15) is 0 Å². The maximum atomic E-state index is 11.0. The van der Waals surface area contributed by atoms with E-state index in [1.54, 1.807) is 24.3 Å². The van der Waals surface area contributed by atoms with Crippen LogP contribution in [0.15, 0.2) is 42.5 Å². The fraction of sp³-hybridized carbons (Fsp3) is 0.211. The standard InChI is InChI=1S/C19H17O5/c1-12(20)23-17-6-3-14(4-7-17)16-9-15-5-8-18(24-13(2)21)10-19(15)22-11-16/h3-10,16H,11H2,1-2H3. The molecule has 24 heavy (non-hydrogen) atoms. The monoisotopic (exact) mass is 325 g/mol. The molecule has 1 aliphatic heterocycles. The van der Waals surface area contributed by atoms with Gasteiger partial charge in [-0.3, -0.25) is 9.59 Å². The van der Waals surface area contributed by atoms with Gasteiger partial charge < -0.3 is 14.2 Å². The lowest BCUT2D eigenvalue weighted by Crippen LogP contribution is -2.17. The lowest BCUT2D eigenvalue weighted by atomic mass is 9.90. The van der Waals surface area contributed by atoms with E-state index in [9.17, 15) is 9.59 Å². The van der Waals surface area contributed by atoms with E-state index in [1.165, 1.54) is 13.8 Å². The van der Waals surface area contributed by atoms with Gasteiger partial charge in [-0.1, -0.05) is 18.2 Å². The second-order valence-corrected chi connectivity index (χ2v) is 5.54. The Morgan fingerprint density at radius 2 is 1.58 bits per heavy atom. The first-order valence-electron chi connectivity index (χ1n) is 7.60. The Morgan fingerprint density at radius 1 is 0.958 bits per heavy atom. The Kier molecular flexibility index (Phi) is 4.51. The summed E-state index contributed by atoms with van der Waals surface area (Å²) in [6.07, 6.45) is 2.11. The molecule has 0 saturated heterocycles. The van der Waals surface area contributed by atoms with Crippen LogP contribution >= 0.6 is 0 Å². The van der Waals surface area contributed by atoms with Gasteiger partial charge in [0.05, 0.1) is 6.61 Å². The minimum Gasteiger partial charge on any atom is -0.492 e. The van der Waals surface area contributed by atoms with Crippen LogP contribution in [0.5, 0.6) is 17.2 Å². The predicted molar refractivity (Wildman–Crippen MR) is 87.1 cm³/mol. The molecule has 5 nitrogen and oxygen atoms in total. The first kappa shape index (κ1) is 16.1. The Balaban J connectivity index is 1.72. The van der Waals surface area contributed by atoms with Crippen LogP contribution in [0, 0.1) is 6.42 Å². The first-order chi connectivity index (χ1) is 11.5. The van der Waals surface area contributed by atoms with Gasteiger partial charge in [0.25, 0.3) is 0 Å². The number of fused-ring (bicyclic) bond motifs is 1. The largest absolute Gasteiger partial charge is 0.492 e. The van der Waals surface area contributed by atoms with Gasteiger partial charge in [-0.05, 0) is 29.3 Å². The van der Waals surface area contributed by atoms with Crippen LogP contribution in [0.2, 0.25) is 0 Å². The highest BCUT2D eigenvalue weighted by Crippen LogP contribution is 2.36. The molecule has 2 aromatic carbocycles. The number of carbonyl (C=O) groups is 2. The fourth-order valence-corrected chi connectivity index (χ4v) is 2.59. The van der Waals surface area contributed by atoms with Crippen molar-refractivity contribution in [1.82, 2.24) is 0 Å². The molecular formula is C19H17O5. The number of ether oxygens (including phenoxy) is 3. The first-order valence-corrected chi connectivity index (χ1v) is 7.60. The van der Waals surface area contributed by atoms with Crippen LogP contribution < -0.4 is 14.2 Å². The van der Waals surface area contributed by atoms with Gasteiger partial charge >= 0.3 is 11.9 Å². The topological polar surface area (TPSA) is 61.8 Å². The molecule has 5 heteroatoms. The van der Waals surface area contributed by atoms with Crippen LogP contribution in [0.3, 0.4) is 0 Å². The highest BCUT2D eigenvalue weighted by molar-refractivity contribution is 5.70.